The van der Waals surface area contributed by atoms with Crippen LogP contribution in [0.2, 0.25) is 0 Å². The van der Waals surface area contributed by atoms with Crippen molar-refractivity contribution in [3.05, 3.63) is 33.9 Å². The normalized spacial score (nSPS) is 12.6. The first-order valence-electron chi connectivity index (χ1n) is 5.86. The molecule has 0 aromatic heterocycles. The minimum Gasteiger partial charge on any atom is -0.391 e. The SMILES string of the molecule is CC(C)(C)C(O)CNc1ccc([N+](=O)[O-])cc1C#N. The molecule has 6 heteroatoms. The van der Waals surface area contributed by atoms with E-state index in [-0.39, 0.29) is 23.2 Å². The van der Waals surface area contributed by atoms with Crippen molar-refractivity contribution in [2.45, 2.75) is 26.9 Å². The van der Waals surface area contributed by atoms with Crippen LogP contribution >= 0.6 is 0 Å². The highest BCUT2D eigenvalue weighted by atomic mass is 16.6. The number of nitrogens with zero attached hydrogens (tertiary/aromatic N) is 2. The summed E-state index contributed by atoms with van der Waals surface area (Å²) in [5.41, 5.74) is 0.269. The van der Waals surface area contributed by atoms with Gasteiger partial charge in [-0.3, -0.25) is 10.1 Å². The minimum atomic E-state index is -0.589. The van der Waals surface area contributed by atoms with Gasteiger partial charge in [-0.1, -0.05) is 20.8 Å². The van der Waals surface area contributed by atoms with Crippen molar-refractivity contribution < 1.29 is 10.0 Å². The summed E-state index contributed by atoms with van der Waals surface area (Å²) >= 11 is 0. The fourth-order valence-electron chi connectivity index (χ4n) is 1.41. The first-order valence-corrected chi connectivity index (χ1v) is 5.86. The summed E-state index contributed by atoms with van der Waals surface area (Å²) in [4.78, 5) is 10.1. The molecule has 1 aromatic rings. The Hall–Kier alpha value is -2.13. The Balaban J connectivity index is 2.86. The number of aliphatic hydroxyl groups excluding tert-OH is 1. The predicted octanol–water partition coefficient (Wildman–Crippen LogP) is 2.29. The van der Waals surface area contributed by atoms with Crippen LogP contribution in [0.4, 0.5) is 11.4 Å². The predicted molar refractivity (Wildman–Crippen MR) is 71.8 cm³/mol. The number of nitriles is 1. The summed E-state index contributed by atoms with van der Waals surface area (Å²) in [6.45, 7) is 5.98. The van der Waals surface area contributed by atoms with Gasteiger partial charge in [-0.15, -0.1) is 0 Å². The number of nitro groups is 1. The van der Waals surface area contributed by atoms with Crippen molar-refractivity contribution in [1.29, 1.82) is 5.26 Å². The Morgan fingerprint density at radius 1 is 1.53 bits per heavy atom. The lowest BCUT2D eigenvalue weighted by Crippen LogP contribution is -2.33. The van der Waals surface area contributed by atoms with Gasteiger partial charge < -0.3 is 10.4 Å². The van der Waals surface area contributed by atoms with E-state index >= 15 is 0 Å². The van der Waals surface area contributed by atoms with Crippen LogP contribution in [-0.2, 0) is 0 Å². The van der Waals surface area contributed by atoms with Gasteiger partial charge in [0.05, 0.1) is 22.3 Å². The third kappa shape index (κ3) is 3.93. The molecule has 0 fully saturated rings. The van der Waals surface area contributed by atoms with Crippen molar-refractivity contribution in [2.24, 2.45) is 5.41 Å². The molecule has 1 rings (SSSR count). The molecule has 0 radical (unpaired) electrons. The average Bonchev–Trinajstić information content (AvgIpc) is 2.34. The zero-order chi connectivity index (χ0) is 14.6. The molecule has 102 valence electrons. The van der Waals surface area contributed by atoms with Crippen molar-refractivity contribution in [1.82, 2.24) is 0 Å². The molecule has 0 aliphatic rings. The highest BCUT2D eigenvalue weighted by Gasteiger charge is 2.22. The fraction of sp³-hybridized carbons (Fsp3) is 0.462. The van der Waals surface area contributed by atoms with Crippen LogP contribution in [-0.4, -0.2) is 22.7 Å². The Morgan fingerprint density at radius 2 is 2.16 bits per heavy atom. The van der Waals surface area contributed by atoms with Crippen LogP contribution < -0.4 is 5.32 Å². The van der Waals surface area contributed by atoms with E-state index in [0.717, 1.165) is 0 Å². The average molecular weight is 263 g/mol. The van der Waals surface area contributed by atoms with Crippen molar-refractivity contribution >= 4 is 11.4 Å². The molecule has 0 bridgehead atoms. The molecule has 2 N–H and O–H groups in total. The van der Waals surface area contributed by atoms with Crippen molar-refractivity contribution in [3.8, 4) is 6.07 Å². The molecular formula is C13H17N3O3. The van der Waals surface area contributed by atoms with Crippen LogP contribution in [0.1, 0.15) is 26.3 Å². The van der Waals surface area contributed by atoms with Gasteiger partial charge in [0.1, 0.15) is 6.07 Å². The molecule has 0 saturated carbocycles. The van der Waals surface area contributed by atoms with E-state index in [0.29, 0.717) is 5.69 Å². The maximum absolute atomic E-state index is 10.6. The van der Waals surface area contributed by atoms with E-state index in [1.54, 1.807) is 0 Å². The standard InChI is InChI=1S/C13H17N3O3/c1-13(2,3)12(17)8-15-11-5-4-10(16(18)19)6-9(11)7-14/h4-6,12,15,17H,8H2,1-3H3. The number of hydrogen-bond donors (Lipinski definition) is 2. The third-order valence-electron chi connectivity index (χ3n) is 2.82. The summed E-state index contributed by atoms with van der Waals surface area (Å²) in [6.07, 6.45) is -0.589. The Kier molecular flexibility index (Phi) is 4.46. The molecule has 0 aliphatic heterocycles. The second-order valence-electron chi connectivity index (χ2n) is 5.36. The fourth-order valence-corrected chi connectivity index (χ4v) is 1.41. The van der Waals surface area contributed by atoms with Gasteiger partial charge in [0.2, 0.25) is 0 Å². The number of aliphatic hydroxyl groups is 1. The quantitative estimate of drug-likeness (QED) is 0.641. The topological polar surface area (TPSA) is 99.2 Å². The number of non-ortho nitro benzene ring substituents is 1. The van der Waals surface area contributed by atoms with Gasteiger partial charge in [0.15, 0.2) is 0 Å². The third-order valence-corrected chi connectivity index (χ3v) is 2.82. The van der Waals surface area contributed by atoms with E-state index in [4.69, 9.17) is 5.26 Å². The lowest BCUT2D eigenvalue weighted by molar-refractivity contribution is -0.384. The van der Waals surface area contributed by atoms with E-state index in [9.17, 15) is 15.2 Å². The van der Waals surface area contributed by atoms with Crippen LogP contribution in [0, 0.1) is 26.9 Å². The van der Waals surface area contributed by atoms with Gasteiger partial charge in [-0.05, 0) is 11.5 Å². The molecule has 0 heterocycles. The second kappa shape index (κ2) is 5.67. The smallest absolute Gasteiger partial charge is 0.270 e. The number of nitrogens with one attached hydrogen (secondary N) is 1. The van der Waals surface area contributed by atoms with Gasteiger partial charge in [0.25, 0.3) is 5.69 Å². The Morgan fingerprint density at radius 3 is 2.63 bits per heavy atom. The van der Waals surface area contributed by atoms with Crippen LogP contribution in [0.15, 0.2) is 18.2 Å². The van der Waals surface area contributed by atoms with Gasteiger partial charge in [0, 0.05) is 18.7 Å². The zero-order valence-corrected chi connectivity index (χ0v) is 11.2. The summed E-state index contributed by atoms with van der Waals surface area (Å²) in [6, 6.07) is 5.92. The van der Waals surface area contributed by atoms with E-state index in [1.165, 1.54) is 18.2 Å². The highest BCUT2D eigenvalue weighted by Crippen LogP contribution is 2.23. The lowest BCUT2D eigenvalue weighted by atomic mass is 9.89. The minimum absolute atomic E-state index is 0.126. The summed E-state index contributed by atoms with van der Waals surface area (Å²) in [7, 11) is 0. The Labute approximate surface area is 111 Å². The van der Waals surface area contributed by atoms with E-state index < -0.39 is 11.0 Å². The molecule has 19 heavy (non-hydrogen) atoms. The zero-order valence-electron chi connectivity index (χ0n) is 11.2. The number of hydrogen-bond acceptors (Lipinski definition) is 5. The molecule has 0 amide bonds. The Bertz CT molecular complexity index is 515. The molecule has 0 aliphatic carbocycles. The maximum Gasteiger partial charge on any atom is 0.270 e. The van der Waals surface area contributed by atoms with Gasteiger partial charge in [-0.2, -0.15) is 5.26 Å². The maximum atomic E-state index is 10.6. The second-order valence-corrected chi connectivity index (χ2v) is 5.36. The monoisotopic (exact) mass is 263 g/mol. The van der Waals surface area contributed by atoms with Crippen molar-refractivity contribution in [3.63, 3.8) is 0 Å². The number of rotatable bonds is 4. The number of benzene rings is 1. The highest BCUT2D eigenvalue weighted by molar-refractivity contribution is 5.61. The number of nitro benzene ring substituents is 1. The van der Waals surface area contributed by atoms with E-state index in [2.05, 4.69) is 5.32 Å². The lowest BCUT2D eigenvalue weighted by Gasteiger charge is -2.26. The summed E-state index contributed by atoms with van der Waals surface area (Å²) in [5.74, 6) is 0. The largest absolute Gasteiger partial charge is 0.391 e. The summed E-state index contributed by atoms with van der Waals surface area (Å²) < 4.78 is 0. The molecule has 0 saturated heterocycles. The number of anilines is 1. The first kappa shape index (κ1) is 14.9. The van der Waals surface area contributed by atoms with Gasteiger partial charge >= 0.3 is 0 Å². The summed E-state index contributed by atoms with van der Waals surface area (Å²) in [5, 5.41) is 32.4. The molecular weight excluding hydrogens is 246 g/mol. The van der Waals surface area contributed by atoms with Crippen LogP contribution in [0.5, 0.6) is 0 Å². The van der Waals surface area contributed by atoms with Gasteiger partial charge in [-0.25, -0.2) is 0 Å². The molecule has 6 nitrogen and oxygen atoms in total. The molecule has 1 unspecified atom stereocenters. The first-order chi connectivity index (χ1) is 8.75. The van der Waals surface area contributed by atoms with Crippen molar-refractivity contribution in [2.75, 3.05) is 11.9 Å². The molecule has 1 atom stereocenters. The van der Waals surface area contributed by atoms with Crippen LogP contribution in [0.3, 0.4) is 0 Å². The van der Waals surface area contributed by atoms with Crippen LogP contribution in [0.25, 0.3) is 0 Å². The molecule has 1 aromatic carbocycles. The van der Waals surface area contributed by atoms with E-state index in [1.807, 2.05) is 26.8 Å². The molecule has 0 spiro atoms.